The van der Waals surface area contributed by atoms with E-state index in [0.717, 1.165) is 30.8 Å². The van der Waals surface area contributed by atoms with Crippen molar-refractivity contribution >= 4 is 15.7 Å². The average molecular weight is 253 g/mol. The second-order valence-electron chi connectivity index (χ2n) is 4.66. The van der Waals surface area contributed by atoms with Gasteiger partial charge in [-0.05, 0) is 42.6 Å². The van der Waals surface area contributed by atoms with Gasteiger partial charge in [0.2, 0.25) is 10.0 Å². The minimum absolute atomic E-state index is 0.187. The Hall–Kier alpha value is -1.11. The van der Waals surface area contributed by atoms with E-state index in [9.17, 15) is 8.42 Å². The van der Waals surface area contributed by atoms with Gasteiger partial charge in [-0.2, -0.15) is 0 Å². The third-order valence-electron chi connectivity index (χ3n) is 3.59. The third kappa shape index (κ3) is 1.82. The molecule has 2 atom stereocenters. The van der Waals surface area contributed by atoms with Crippen molar-refractivity contribution in [1.29, 1.82) is 0 Å². The van der Waals surface area contributed by atoms with Crippen molar-refractivity contribution < 1.29 is 8.42 Å². The lowest BCUT2D eigenvalue weighted by Crippen LogP contribution is -2.29. The number of nitrogens with two attached hydrogens (primary N) is 1. The summed E-state index contributed by atoms with van der Waals surface area (Å²) in [7, 11) is -3.62. The van der Waals surface area contributed by atoms with Gasteiger partial charge >= 0.3 is 0 Å². The van der Waals surface area contributed by atoms with Crippen molar-refractivity contribution in [2.75, 3.05) is 18.4 Å². The lowest BCUT2D eigenvalue weighted by molar-refractivity contribution is 0.469. The molecule has 1 aromatic rings. The Balaban J connectivity index is 2.10. The van der Waals surface area contributed by atoms with Crippen LogP contribution < -0.4 is 15.8 Å². The zero-order chi connectivity index (χ0) is 12.0. The Morgan fingerprint density at radius 3 is 2.94 bits per heavy atom. The highest BCUT2D eigenvalue weighted by Gasteiger charge is 2.33. The van der Waals surface area contributed by atoms with Crippen molar-refractivity contribution in [3.05, 3.63) is 23.8 Å². The van der Waals surface area contributed by atoms with E-state index in [1.165, 1.54) is 0 Å². The first kappa shape index (κ1) is 11.0. The van der Waals surface area contributed by atoms with Gasteiger partial charge < -0.3 is 10.6 Å². The fraction of sp³-hybridized carbons (Fsp3) is 0.455. The van der Waals surface area contributed by atoms with Crippen LogP contribution in [0.3, 0.4) is 0 Å². The molecule has 5 nitrogen and oxygen atoms in total. The van der Waals surface area contributed by atoms with E-state index in [1.807, 2.05) is 0 Å². The number of sulfonamides is 1. The van der Waals surface area contributed by atoms with Gasteiger partial charge in [-0.3, -0.25) is 0 Å². The molecule has 4 N–H and O–H groups in total. The van der Waals surface area contributed by atoms with Crippen molar-refractivity contribution in [1.82, 2.24) is 5.32 Å². The normalized spacial score (nSPS) is 27.1. The number of benzene rings is 1. The first-order valence-corrected chi connectivity index (χ1v) is 7.24. The Kier molecular flexibility index (Phi) is 2.39. The van der Waals surface area contributed by atoms with E-state index in [2.05, 4.69) is 10.6 Å². The summed E-state index contributed by atoms with van der Waals surface area (Å²) in [6.07, 6.45) is 1.12. The smallest absolute Gasteiger partial charge is 0.238 e. The van der Waals surface area contributed by atoms with Gasteiger partial charge in [0.25, 0.3) is 0 Å². The van der Waals surface area contributed by atoms with Gasteiger partial charge in [0, 0.05) is 18.3 Å². The first-order valence-electron chi connectivity index (χ1n) is 5.70. The summed E-state index contributed by atoms with van der Waals surface area (Å²) in [5.41, 5.74) is 2.03. The molecule has 0 amide bonds. The van der Waals surface area contributed by atoms with Crippen LogP contribution in [0.5, 0.6) is 0 Å². The molecule has 1 aromatic carbocycles. The fourth-order valence-electron chi connectivity index (χ4n) is 2.72. The van der Waals surface area contributed by atoms with Crippen LogP contribution in [0.1, 0.15) is 18.0 Å². The molecule has 1 saturated heterocycles. The Bertz CT molecular complexity index is 556. The van der Waals surface area contributed by atoms with Crippen LogP contribution in [0.25, 0.3) is 0 Å². The number of primary sulfonamides is 1. The fourth-order valence-corrected chi connectivity index (χ4v) is 3.27. The maximum atomic E-state index is 11.3. The molecule has 0 spiro atoms. The minimum Gasteiger partial charge on any atom is -0.384 e. The topological polar surface area (TPSA) is 84.2 Å². The lowest BCUT2D eigenvalue weighted by Gasteiger charge is -2.29. The molecule has 1 fully saturated rings. The SMILES string of the molecule is NS(=O)(=O)c1ccc2c(c1)C1NCCC1CN2. The molecule has 0 radical (unpaired) electrons. The van der Waals surface area contributed by atoms with Crippen LogP contribution in [0.15, 0.2) is 23.1 Å². The summed E-state index contributed by atoms with van der Waals surface area (Å²) in [4.78, 5) is 0.187. The number of hydrogen-bond donors (Lipinski definition) is 3. The van der Waals surface area contributed by atoms with Gasteiger partial charge in [-0.25, -0.2) is 13.6 Å². The van der Waals surface area contributed by atoms with E-state index in [1.54, 1.807) is 18.2 Å². The van der Waals surface area contributed by atoms with Crippen LogP contribution in [0, 0.1) is 5.92 Å². The standard InChI is InChI=1S/C11H15N3O2S/c12-17(15,16)8-1-2-10-9(5-8)11-7(6-14-10)3-4-13-11/h1-2,5,7,11,13-14H,3-4,6H2,(H2,12,15,16). The summed E-state index contributed by atoms with van der Waals surface area (Å²) < 4.78 is 22.7. The molecule has 92 valence electrons. The summed E-state index contributed by atoms with van der Waals surface area (Å²) in [5.74, 6) is 0.540. The van der Waals surface area contributed by atoms with Gasteiger partial charge in [-0.1, -0.05) is 0 Å². The summed E-state index contributed by atoms with van der Waals surface area (Å²) >= 11 is 0. The van der Waals surface area contributed by atoms with E-state index < -0.39 is 10.0 Å². The molecule has 17 heavy (non-hydrogen) atoms. The minimum atomic E-state index is -3.62. The zero-order valence-corrected chi connectivity index (χ0v) is 10.1. The Morgan fingerprint density at radius 2 is 2.18 bits per heavy atom. The predicted octanol–water partition coefficient (Wildman–Crippen LogP) is 0.410. The highest BCUT2D eigenvalue weighted by atomic mass is 32.2. The second-order valence-corrected chi connectivity index (χ2v) is 6.22. The maximum absolute atomic E-state index is 11.3. The van der Waals surface area contributed by atoms with Crippen LogP contribution in [0.4, 0.5) is 5.69 Å². The molecule has 2 heterocycles. The number of rotatable bonds is 1. The van der Waals surface area contributed by atoms with Crippen LogP contribution in [0.2, 0.25) is 0 Å². The van der Waals surface area contributed by atoms with E-state index in [4.69, 9.17) is 5.14 Å². The van der Waals surface area contributed by atoms with Crippen molar-refractivity contribution in [2.45, 2.75) is 17.4 Å². The second kappa shape index (κ2) is 3.69. The summed E-state index contributed by atoms with van der Waals surface area (Å²) in [6, 6.07) is 5.29. The predicted molar refractivity (Wildman–Crippen MR) is 65.2 cm³/mol. The molecule has 6 heteroatoms. The van der Waals surface area contributed by atoms with E-state index >= 15 is 0 Å². The summed E-state index contributed by atoms with van der Waals surface area (Å²) in [6.45, 7) is 1.93. The van der Waals surface area contributed by atoms with Gasteiger partial charge in [0.05, 0.1) is 4.90 Å². The molecule has 2 aliphatic heterocycles. The molecular formula is C11H15N3O2S. The van der Waals surface area contributed by atoms with Crippen molar-refractivity contribution in [2.24, 2.45) is 11.1 Å². The largest absolute Gasteiger partial charge is 0.384 e. The lowest BCUT2D eigenvalue weighted by atomic mass is 9.89. The highest BCUT2D eigenvalue weighted by molar-refractivity contribution is 7.89. The molecule has 0 saturated carbocycles. The van der Waals surface area contributed by atoms with Gasteiger partial charge in [0.1, 0.15) is 0 Å². The Labute approximate surface area is 100 Å². The van der Waals surface area contributed by atoms with Crippen molar-refractivity contribution in [3.8, 4) is 0 Å². The van der Waals surface area contributed by atoms with E-state index in [-0.39, 0.29) is 10.9 Å². The molecule has 0 aliphatic carbocycles. The highest BCUT2D eigenvalue weighted by Crippen LogP contribution is 2.38. The molecule has 0 aromatic heterocycles. The zero-order valence-electron chi connectivity index (χ0n) is 9.31. The number of nitrogens with one attached hydrogen (secondary N) is 2. The molecule has 0 bridgehead atoms. The van der Waals surface area contributed by atoms with Gasteiger partial charge in [-0.15, -0.1) is 0 Å². The monoisotopic (exact) mass is 253 g/mol. The van der Waals surface area contributed by atoms with Crippen molar-refractivity contribution in [3.63, 3.8) is 0 Å². The van der Waals surface area contributed by atoms with Crippen LogP contribution in [-0.2, 0) is 10.0 Å². The number of hydrogen-bond acceptors (Lipinski definition) is 4. The van der Waals surface area contributed by atoms with Crippen LogP contribution in [-0.4, -0.2) is 21.5 Å². The Morgan fingerprint density at radius 1 is 1.35 bits per heavy atom. The van der Waals surface area contributed by atoms with E-state index in [0.29, 0.717) is 5.92 Å². The molecule has 2 unspecified atom stereocenters. The third-order valence-corrected chi connectivity index (χ3v) is 4.50. The molecular weight excluding hydrogens is 238 g/mol. The molecule has 2 aliphatic rings. The number of anilines is 1. The van der Waals surface area contributed by atoms with Gasteiger partial charge in [0.15, 0.2) is 0 Å². The maximum Gasteiger partial charge on any atom is 0.238 e. The average Bonchev–Trinajstić information content (AvgIpc) is 2.75. The first-order chi connectivity index (χ1) is 8.05. The van der Waals surface area contributed by atoms with Crippen LogP contribution >= 0.6 is 0 Å². The quantitative estimate of drug-likeness (QED) is 0.677. The summed E-state index contributed by atoms with van der Waals surface area (Å²) in [5, 5.41) is 11.9. The number of fused-ring (bicyclic) bond motifs is 3. The molecule has 3 rings (SSSR count).